The van der Waals surface area contributed by atoms with Gasteiger partial charge in [-0.05, 0) is 44.0 Å². The Morgan fingerprint density at radius 1 is 1.18 bits per heavy atom. The number of rotatable bonds is 8. The molecule has 0 radical (unpaired) electrons. The molecular formula is C21H28IN5O. The van der Waals surface area contributed by atoms with Crippen molar-refractivity contribution in [1.29, 1.82) is 0 Å². The van der Waals surface area contributed by atoms with E-state index < -0.39 is 0 Å². The zero-order chi connectivity index (χ0) is 18.9. The van der Waals surface area contributed by atoms with E-state index in [4.69, 9.17) is 9.73 Å². The van der Waals surface area contributed by atoms with Crippen LogP contribution in [0.15, 0.2) is 53.8 Å². The summed E-state index contributed by atoms with van der Waals surface area (Å²) in [6.07, 6.45) is 4.35. The van der Waals surface area contributed by atoms with E-state index in [9.17, 15) is 0 Å². The number of fused-ring (bicyclic) bond motifs is 1. The number of para-hydroxylation sites is 1. The second-order valence-corrected chi connectivity index (χ2v) is 6.25. The van der Waals surface area contributed by atoms with Crippen LogP contribution in [-0.2, 0) is 6.42 Å². The van der Waals surface area contributed by atoms with Gasteiger partial charge in [0.05, 0.1) is 12.7 Å². The molecule has 0 saturated carbocycles. The molecule has 0 spiro atoms. The third-order valence-corrected chi connectivity index (χ3v) is 4.30. The van der Waals surface area contributed by atoms with Crippen molar-refractivity contribution in [3.05, 3.63) is 60.0 Å². The fourth-order valence-corrected chi connectivity index (χ4v) is 3.05. The lowest BCUT2D eigenvalue weighted by Gasteiger charge is -2.12. The molecule has 0 aliphatic carbocycles. The van der Waals surface area contributed by atoms with E-state index in [1.807, 2.05) is 12.1 Å². The number of aryl methyl sites for hydroxylation is 1. The number of nitrogens with zero attached hydrogens (tertiary/aromatic N) is 2. The molecule has 3 N–H and O–H groups in total. The fraction of sp³-hybridized carbons (Fsp3) is 0.333. The molecule has 0 aliphatic heterocycles. The zero-order valence-electron chi connectivity index (χ0n) is 16.4. The molecule has 0 amide bonds. The lowest BCUT2D eigenvalue weighted by atomic mass is 10.1. The molecule has 3 rings (SSSR count). The summed E-state index contributed by atoms with van der Waals surface area (Å²) in [6.45, 7) is 6.96. The quantitative estimate of drug-likeness (QED) is 0.194. The number of hydrogen-bond acceptors (Lipinski definition) is 3. The molecule has 0 atom stereocenters. The third kappa shape index (κ3) is 6.12. The summed E-state index contributed by atoms with van der Waals surface area (Å²) in [6, 6.07) is 12.2. The molecule has 0 unspecified atom stereocenters. The first kappa shape index (κ1) is 22.0. The van der Waals surface area contributed by atoms with Crippen LogP contribution in [0.2, 0.25) is 0 Å². The van der Waals surface area contributed by atoms with Gasteiger partial charge in [-0.15, -0.1) is 24.0 Å². The fourth-order valence-electron chi connectivity index (χ4n) is 3.05. The minimum absolute atomic E-state index is 0. The van der Waals surface area contributed by atoms with Crippen LogP contribution in [-0.4, -0.2) is 42.2 Å². The van der Waals surface area contributed by atoms with E-state index in [-0.39, 0.29) is 24.0 Å². The van der Waals surface area contributed by atoms with Crippen molar-refractivity contribution >= 4 is 40.8 Å². The summed E-state index contributed by atoms with van der Waals surface area (Å²) in [5.74, 6) is 1.58. The number of benzene rings is 1. The predicted molar refractivity (Wildman–Crippen MR) is 126 cm³/mol. The van der Waals surface area contributed by atoms with E-state index in [0.717, 1.165) is 31.2 Å². The SMILES string of the molecule is CCNC(=NCCc1c(C)[nH]c2ccccc12)NCCOc1cccnc1.I. The van der Waals surface area contributed by atoms with Crippen LogP contribution in [0.25, 0.3) is 10.9 Å². The van der Waals surface area contributed by atoms with Crippen LogP contribution in [0.4, 0.5) is 0 Å². The van der Waals surface area contributed by atoms with Gasteiger partial charge < -0.3 is 20.4 Å². The molecular weight excluding hydrogens is 465 g/mol. The van der Waals surface area contributed by atoms with Crippen molar-refractivity contribution < 1.29 is 4.74 Å². The second-order valence-electron chi connectivity index (χ2n) is 6.25. The van der Waals surface area contributed by atoms with Crippen molar-refractivity contribution in [1.82, 2.24) is 20.6 Å². The van der Waals surface area contributed by atoms with Crippen LogP contribution in [0.5, 0.6) is 5.75 Å². The van der Waals surface area contributed by atoms with Gasteiger partial charge in [0.25, 0.3) is 0 Å². The Labute approximate surface area is 183 Å². The Kier molecular flexibility index (Phi) is 9.06. The minimum Gasteiger partial charge on any atom is -0.490 e. The molecule has 3 aromatic rings. The third-order valence-electron chi connectivity index (χ3n) is 4.30. The number of ether oxygens (including phenoxy) is 1. The van der Waals surface area contributed by atoms with E-state index in [0.29, 0.717) is 13.2 Å². The molecule has 2 heterocycles. The highest BCUT2D eigenvalue weighted by molar-refractivity contribution is 14.0. The van der Waals surface area contributed by atoms with Crippen molar-refractivity contribution in [3.63, 3.8) is 0 Å². The smallest absolute Gasteiger partial charge is 0.191 e. The summed E-state index contributed by atoms with van der Waals surface area (Å²) in [4.78, 5) is 12.2. The zero-order valence-corrected chi connectivity index (χ0v) is 18.7. The first-order valence-corrected chi connectivity index (χ1v) is 9.39. The second kappa shape index (κ2) is 11.5. The lowest BCUT2D eigenvalue weighted by Crippen LogP contribution is -2.39. The van der Waals surface area contributed by atoms with Crippen LogP contribution < -0.4 is 15.4 Å². The standard InChI is InChI=1S/C21H27N5O.HI/c1-3-23-21(25-13-14-27-17-7-6-11-22-15-17)24-12-10-18-16(2)26-20-9-5-4-8-19(18)20;/h4-9,11,15,26H,3,10,12-14H2,1-2H3,(H2,23,24,25);1H. The predicted octanol–water partition coefficient (Wildman–Crippen LogP) is 3.67. The van der Waals surface area contributed by atoms with Crippen molar-refractivity contribution in [2.75, 3.05) is 26.2 Å². The highest BCUT2D eigenvalue weighted by atomic mass is 127. The van der Waals surface area contributed by atoms with Crippen LogP contribution in [0.3, 0.4) is 0 Å². The number of hydrogen-bond donors (Lipinski definition) is 3. The minimum atomic E-state index is 0. The molecule has 0 fully saturated rings. The Morgan fingerprint density at radius 2 is 2.04 bits per heavy atom. The molecule has 0 bridgehead atoms. The molecule has 2 aromatic heterocycles. The molecule has 28 heavy (non-hydrogen) atoms. The Hall–Kier alpha value is -2.29. The number of pyridine rings is 1. The molecule has 0 saturated heterocycles. The van der Waals surface area contributed by atoms with E-state index in [2.05, 4.69) is 58.7 Å². The number of aromatic amines is 1. The number of nitrogens with one attached hydrogen (secondary N) is 3. The van der Waals surface area contributed by atoms with Gasteiger partial charge in [-0.3, -0.25) is 9.98 Å². The highest BCUT2D eigenvalue weighted by Crippen LogP contribution is 2.22. The van der Waals surface area contributed by atoms with Gasteiger partial charge in [0.1, 0.15) is 12.4 Å². The molecule has 6 nitrogen and oxygen atoms in total. The molecule has 7 heteroatoms. The topological polar surface area (TPSA) is 74.3 Å². The van der Waals surface area contributed by atoms with Crippen LogP contribution in [0.1, 0.15) is 18.2 Å². The monoisotopic (exact) mass is 493 g/mol. The Morgan fingerprint density at radius 3 is 2.82 bits per heavy atom. The van der Waals surface area contributed by atoms with Gasteiger partial charge in [0, 0.05) is 35.9 Å². The maximum Gasteiger partial charge on any atom is 0.191 e. The average molecular weight is 493 g/mol. The summed E-state index contributed by atoms with van der Waals surface area (Å²) < 4.78 is 5.65. The maximum atomic E-state index is 5.65. The first-order chi connectivity index (χ1) is 13.3. The first-order valence-electron chi connectivity index (χ1n) is 9.39. The van der Waals surface area contributed by atoms with Crippen molar-refractivity contribution in [2.24, 2.45) is 4.99 Å². The average Bonchev–Trinajstić information content (AvgIpc) is 3.01. The molecule has 0 aliphatic rings. The number of aromatic nitrogens is 2. The normalized spacial score (nSPS) is 11.1. The van der Waals surface area contributed by atoms with Gasteiger partial charge in [-0.2, -0.15) is 0 Å². The van der Waals surface area contributed by atoms with Gasteiger partial charge in [0.15, 0.2) is 5.96 Å². The van der Waals surface area contributed by atoms with E-state index in [1.54, 1.807) is 12.4 Å². The van der Waals surface area contributed by atoms with E-state index in [1.165, 1.54) is 22.2 Å². The van der Waals surface area contributed by atoms with Gasteiger partial charge in [-0.1, -0.05) is 18.2 Å². The van der Waals surface area contributed by atoms with Crippen molar-refractivity contribution in [2.45, 2.75) is 20.3 Å². The highest BCUT2D eigenvalue weighted by Gasteiger charge is 2.07. The number of halogens is 1. The van der Waals surface area contributed by atoms with Crippen molar-refractivity contribution in [3.8, 4) is 5.75 Å². The van der Waals surface area contributed by atoms with Gasteiger partial charge in [0.2, 0.25) is 0 Å². The summed E-state index contributed by atoms with van der Waals surface area (Å²) in [7, 11) is 0. The number of aliphatic imine (C=N–C) groups is 1. The summed E-state index contributed by atoms with van der Waals surface area (Å²) in [5.41, 5.74) is 3.74. The van der Waals surface area contributed by atoms with Crippen LogP contribution >= 0.6 is 24.0 Å². The lowest BCUT2D eigenvalue weighted by molar-refractivity contribution is 0.320. The van der Waals surface area contributed by atoms with E-state index >= 15 is 0 Å². The maximum absolute atomic E-state index is 5.65. The van der Waals surface area contributed by atoms with Gasteiger partial charge in [-0.25, -0.2) is 0 Å². The van der Waals surface area contributed by atoms with Gasteiger partial charge >= 0.3 is 0 Å². The Balaban J connectivity index is 0.00000280. The largest absolute Gasteiger partial charge is 0.490 e. The number of guanidine groups is 1. The summed E-state index contributed by atoms with van der Waals surface area (Å²) >= 11 is 0. The molecule has 1 aromatic carbocycles. The summed E-state index contributed by atoms with van der Waals surface area (Å²) in [5, 5.41) is 7.87. The van der Waals surface area contributed by atoms with Crippen LogP contribution in [0, 0.1) is 6.92 Å². The Bertz CT molecular complexity index is 879. The molecule has 150 valence electrons. The number of H-pyrrole nitrogens is 1.